The first-order valence-electron chi connectivity index (χ1n) is 8.73. The third-order valence-corrected chi connectivity index (χ3v) is 4.51. The molecule has 1 saturated carbocycles. The second-order valence-electron chi connectivity index (χ2n) is 6.69. The van der Waals surface area contributed by atoms with E-state index in [2.05, 4.69) is 39.3 Å². The van der Waals surface area contributed by atoms with Crippen LogP contribution in [0.4, 0.5) is 0 Å². The first-order valence-corrected chi connectivity index (χ1v) is 8.73. The first-order chi connectivity index (χ1) is 12.2. The summed E-state index contributed by atoms with van der Waals surface area (Å²) >= 11 is 0. The zero-order valence-corrected chi connectivity index (χ0v) is 14.4. The van der Waals surface area contributed by atoms with Crippen LogP contribution in [0.15, 0.2) is 53.3 Å². The molecule has 2 aromatic heterocycles. The number of rotatable bonds is 6. The Morgan fingerprint density at radius 1 is 1.28 bits per heavy atom. The number of fused-ring (bicyclic) bond motifs is 1. The van der Waals surface area contributed by atoms with Gasteiger partial charge in [0.1, 0.15) is 0 Å². The third kappa shape index (κ3) is 3.72. The number of aromatic nitrogens is 3. The Balaban J connectivity index is 1.50. The van der Waals surface area contributed by atoms with Gasteiger partial charge in [-0.25, -0.2) is 9.50 Å². The van der Waals surface area contributed by atoms with E-state index in [1.807, 2.05) is 31.2 Å². The minimum Gasteiger partial charge on any atom is -0.294 e. The van der Waals surface area contributed by atoms with Gasteiger partial charge in [0.15, 0.2) is 5.65 Å². The van der Waals surface area contributed by atoms with Crippen molar-refractivity contribution in [3.8, 4) is 0 Å². The number of hydrogen-bond acceptors (Lipinski definition) is 3. The Kier molecular flexibility index (Phi) is 4.24. The molecule has 0 radical (unpaired) electrons. The van der Waals surface area contributed by atoms with Gasteiger partial charge in [0, 0.05) is 37.0 Å². The van der Waals surface area contributed by atoms with E-state index in [4.69, 9.17) is 0 Å². The van der Waals surface area contributed by atoms with Crippen molar-refractivity contribution >= 4 is 11.7 Å². The number of nitrogens with zero attached hydrogens (tertiary/aromatic N) is 3. The van der Waals surface area contributed by atoms with E-state index in [-0.39, 0.29) is 5.56 Å². The lowest BCUT2D eigenvalue weighted by Gasteiger charge is -2.19. The maximum Gasteiger partial charge on any atom is 0.272 e. The van der Waals surface area contributed by atoms with Crippen LogP contribution in [0.1, 0.15) is 29.8 Å². The number of H-pyrrole nitrogens is 1. The number of benzene rings is 1. The van der Waals surface area contributed by atoms with Gasteiger partial charge in [-0.2, -0.15) is 0 Å². The van der Waals surface area contributed by atoms with Crippen LogP contribution >= 0.6 is 0 Å². The lowest BCUT2D eigenvalue weighted by Crippen LogP contribution is -2.27. The van der Waals surface area contributed by atoms with Crippen LogP contribution in [0.2, 0.25) is 0 Å². The largest absolute Gasteiger partial charge is 0.294 e. The van der Waals surface area contributed by atoms with Crippen molar-refractivity contribution in [1.29, 1.82) is 0 Å². The summed E-state index contributed by atoms with van der Waals surface area (Å²) in [6.45, 7) is 3.51. The Morgan fingerprint density at radius 2 is 2.08 bits per heavy atom. The Hall–Kier alpha value is -2.66. The van der Waals surface area contributed by atoms with Gasteiger partial charge in [-0.3, -0.25) is 14.8 Å². The summed E-state index contributed by atoms with van der Waals surface area (Å²) in [6.07, 6.45) is 6.79. The minimum absolute atomic E-state index is 0.0522. The van der Waals surface area contributed by atoms with E-state index in [0.29, 0.717) is 18.2 Å². The average molecular weight is 334 g/mol. The topological polar surface area (TPSA) is 53.4 Å². The van der Waals surface area contributed by atoms with Crippen LogP contribution < -0.4 is 5.56 Å². The zero-order valence-electron chi connectivity index (χ0n) is 14.4. The second-order valence-corrected chi connectivity index (χ2v) is 6.69. The maximum atomic E-state index is 12.2. The fourth-order valence-electron chi connectivity index (χ4n) is 3.12. The molecular formula is C20H22N4O. The van der Waals surface area contributed by atoms with Gasteiger partial charge in [0.2, 0.25) is 0 Å². The van der Waals surface area contributed by atoms with Gasteiger partial charge in [-0.1, -0.05) is 42.5 Å². The normalized spacial score (nSPS) is 14.8. The summed E-state index contributed by atoms with van der Waals surface area (Å²) < 4.78 is 1.50. The smallest absolute Gasteiger partial charge is 0.272 e. The predicted octanol–water partition coefficient (Wildman–Crippen LogP) is 3.01. The monoisotopic (exact) mass is 334 g/mol. The van der Waals surface area contributed by atoms with Gasteiger partial charge in [-0.05, 0) is 25.3 Å². The summed E-state index contributed by atoms with van der Waals surface area (Å²) in [4.78, 5) is 19.3. The summed E-state index contributed by atoms with van der Waals surface area (Å²) in [7, 11) is 0. The molecule has 1 aliphatic rings. The molecule has 0 saturated heterocycles. The van der Waals surface area contributed by atoms with Crippen molar-refractivity contribution in [2.75, 3.05) is 6.54 Å². The van der Waals surface area contributed by atoms with Crippen molar-refractivity contribution in [1.82, 2.24) is 19.5 Å². The highest BCUT2D eigenvalue weighted by Crippen LogP contribution is 2.28. The lowest BCUT2D eigenvalue weighted by atomic mass is 10.2. The van der Waals surface area contributed by atoms with E-state index < -0.39 is 0 Å². The number of hydrogen-bond donors (Lipinski definition) is 1. The number of aryl methyl sites for hydroxylation is 1. The molecule has 3 aromatic rings. The molecule has 0 aliphatic heterocycles. The molecule has 0 bridgehead atoms. The molecule has 1 aliphatic carbocycles. The van der Waals surface area contributed by atoms with Gasteiger partial charge in [0.25, 0.3) is 5.56 Å². The molecule has 5 nitrogen and oxygen atoms in total. The van der Waals surface area contributed by atoms with Crippen molar-refractivity contribution < 1.29 is 0 Å². The summed E-state index contributed by atoms with van der Waals surface area (Å²) in [5, 5.41) is 3.01. The van der Waals surface area contributed by atoms with Gasteiger partial charge < -0.3 is 0 Å². The first kappa shape index (κ1) is 15.8. The van der Waals surface area contributed by atoms with E-state index >= 15 is 0 Å². The lowest BCUT2D eigenvalue weighted by molar-refractivity contribution is 0.280. The molecule has 1 aromatic carbocycles. The van der Waals surface area contributed by atoms with Crippen LogP contribution in [0.3, 0.4) is 0 Å². The summed E-state index contributed by atoms with van der Waals surface area (Å²) in [5.41, 5.74) is 3.62. The van der Waals surface area contributed by atoms with Crippen LogP contribution in [0.25, 0.3) is 11.7 Å². The number of nitrogens with one attached hydrogen (secondary N) is 1. The Bertz CT molecular complexity index is 951. The molecule has 25 heavy (non-hydrogen) atoms. The van der Waals surface area contributed by atoms with E-state index in [1.54, 1.807) is 6.07 Å². The fraction of sp³-hybridized carbons (Fsp3) is 0.300. The second kappa shape index (κ2) is 6.69. The highest BCUT2D eigenvalue weighted by molar-refractivity contribution is 5.48. The van der Waals surface area contributed by atoms with Crippen LogP contribution in [-0.4, -0.2) is 32.1 Å². The molecule has 1 N–H and O–H groups in total. The van der Waals surface area contributed by atoms with Crippen molar-refractivity contribution in [2.45, 2.75) is 32.4 Å². The minimum atomic E-state index is -0.0522. The summed E-state index contributed by atoms with van der Waals surface area (Å²) in [6, 6.07) is 14.5. The molecule has 4 rings (SSSR count). The SMILES string of the molecule is Cc1cc2nc(CN(CC=Cc3ccccc3)C3CC3)cc(=O)n2[nH]1. The van der Waals surface area contributed by atoms with Gasteiger partial charge in [-0.15, -0.1) is 0 Å². The van der Waals surface area contributed by atoms with Gasteiger partial charge >= 0.3 is 0 Å². The van der Waals surface area contributed by atoms with Gasteiger partial charge in [0.05, 0.1) is 5.69 Å². The highest BCUT2D eigenvalue weighted by Gasteiger charge is 2.28. The molecule has 5 heteroatoms. The maximum absolute atomic E-state index is 12.2. The van der Waals surface area contributed by atoms with Crippen LogP contribution in [0, 0.1) is 6.92 Å². The molecule has 128 valence electrons. The molecule has 0 spiro atoms. The third-order valence-electron chi connectivity index (χ3n) is 4.51. The molecule has 1 fully saturated rings. The van der Waals surface area contributed by atoms with E-state index in [9.17, 15) is 4.79 Å². The zero-order chi connectivity index (χ0) is 17.2. The fourth-order valence-corrected chi connectivity index (χ4v) is 3.12. The van der Waals surface area contributed by atoms with Crippen molar-refractivity contribution in [3.63, 3.8) is 0 Å². The Labute approximate surface area is 146 Å². The quantitative estimate of drug-likeness (QED) is 0.754. The highest BCUT2D eigenvalue weighted by atomic mass is 16.1. The van der Waals surface area contributed by atoms with Crippen LogP contribution in [0.5, 0.6) is 0 Å². The molecule has 2 heterocycles. The van der Waals surface area contributed by atoms with Crippen molar-refractivity contribution in [2.24, 2.45) is 0 Å². The van der Waals surface area contributed by atoms with Crippen molar-refractivity contribution in [3.05, 3.63) is 75.8 Å². The molecule has 0 unspecified atom stereocenters. The average Bonchev–Trinajstić information content (AvgIpc) is 3.37. The predicted molar refractivity (Wildman–Crippen MR) is 99.5 cm³/mol. The molecular weight excluding hydrogens is 312 g/mol. The Morgan fingerprint density at radius 3 is 2.84 bits per heavy atom. The molecule has 0 amide bonds. The van der Waals surface area contributed by atoms with E-state index in [1.165, 1.54) is 22.9 Å². The van der Waals surface area contributed by atoms with Crippen LogP contribution in [-0.2, 0) is 6.54 Å². The standard InChI is InChI=1S/C20H22N4O/c1-15-12-19-21-17(13-20(25)24(19)22-15)14-23(18-9-10-18)11-5-8-16-6-3-2-4-7-16/h2-8,12-13,18,22H,9-11,14H2,1H3. The summed E-state index contributed by atoms with van der Waals surface area (Å²) in [5.74, 6) is 0. The molecule has 0 atom stereocenters. The van der Waals surface area contributed by atoms with E-state index in [0.717, 1.165) is 17.9 Å². The number of aromatic amines is 1.